The van der Waals surface area contributed by atoms with Crippen LogP contribution in [-0.4, -0.2) is 27.7 Å². The molecule has 0 saturated heterocycles. The third kappa shape index (κ3) is 3.03. The molecule has 7 heteroatoms. The number of aromatic nitrogens is 3. The number of benzene rings is 1. The van der Waals surface area contributed by atoms with Crippen LogP contribution in [0.2, 0.25) is 5.02 Å². The lowest BCUT2D eigenvalue weighted by atomic mass is 10.1. The Hall–Kier alpha value is -2.08. The summed E-state index contributed by atoms with van der Waals surface area (Å²) >= 11 is 5.97. The Morgan fingerprint density at radius 3 is 3.05 bits per heavy atom. The molecule has 0 bridgehead atoms. The molecule has 0 aliphatic heterocycles. The van der Waals surface area contributed by atoms with Crippen LogP contribution in [-0.2, 0) is 0 Å². The highest BCUT2D eigenvalue weighted by molar-refractivity contribution is 6.32. The van der Waals surface area contributed by atoms with Crippen LogP contribution in [0.1, 0.15) is 22.8 Å². The van der Waals surface area contributed by atoms with Gasteiger partial charge in [0.25, 0.3) is 5.91 Å². The fourth-order valence-corrected chi connectivity index (χ4v) is 1.70. The van der Waals surface area contributed by atoms with Gasteiger partial charge in [0.05, 0.1) is 6.61 Å². The summed E-state index contributed by atoms with van der Waals surface area (Å²) in [6.45, 7) is 4.06. The number of nitrogens with one attached hydrogen (secondary N) is 2. The number of hydrogen-bond donors (Lipinski definition) is 2. The highest BCUT2D eigenvalue weighted by Crippen LogP contribution is 2.19. The van der Waals surface area contributed by atoms with Gasteiger partial charge < -0.3 is 4.74 Å². The predicted octanol–water partition coefficient (Wildman–Crippen LogP) is 2.42. The third-order valence-corrected chi connectivity index (χ3v) is 2.89. The van der Waals surface area contributed by atoms with Crippen LogP contribution >= 0.6 is 11.6 Å². The van der Waals surface area contributed by atoms with Crippen molar-refractivity contribution in [2.45, 2.75) is 13.8 Å². The number of halogens is 1. The Morgan fingerprint density at radius 1 is 1.53 bits per heavy atom. The highest BCUT2D eigenvalue weighted by atomic mass is 35.5. The van der Waals surface area contributed by atoms with Crippen molar-refractivity contribution in [1.82, 2.24) is 15.2 Å². The smallest absolute Gasteiger partial charge is 0.337 e. The molecule has 0 unspecified atom stereocenters. The molecule has 1 aromatic heterocycles. The minimum Gasteiger partial charge on any atom is -0.463 e. The topological polar surface area (TPSA) is 79.9 Å². The van der Waals surface area contributed by atoms with E-state index in [1.165, 1.54) is 0 Å². The van der Waals surface area contributed by atoms with Crippen molar-refractivity contribution in [3.63, 3.8) is 0 Å². The van der Waals surface area contributed by atoms with Crippen molar-refractivity contribution in [3.8, 4) is 6.01 Å². The second-order valence-electron chi connectivity index (χ2n) is 3.77. The number of H-pyrrole nitrogens is 1. The van der Waals surface area contributed by atoms with E-state index in [0.29, 0.717) is 22.8 Å². The van der Waals surface area contributed by atoms with Crippen molar-refractivity contribution in [2.75, 3.05) is 11.9 Å². The Balaban J connectivity index is 2.14. The van der Waals surface area contributed by atoms with Gasteiger partial charge in [-0.1, -0.05) is 17.7 Å². The lowest BCUT2D eigenvalue weighted by Crippen LogP contribution is -2.14. The van der Waals surface area contributed by atoms with Crippen molar-refractivity contribution in [1.29, 1.82) is 0 Å². The van der Waals surface area contributed by atoms with Crippen LogP contribution in [0.3, 0.4) is 0 Å². The third-order valence-electron chi connectivity index (χ3n) is 2.48. The molecular formula is C12H13ClN4O2. The summed E-state index contributed by atoms with van der Waals surface area (Å²) in [5.74, 6) is -0.0768. The van der Waals surface area contributed by atoms with E-state index < -0.39 is 0 Å². The van der Waals surface area contributed by atoms with E-state index in [2.05, 4.69) is 20.5 Å². The minimum atomic E-state index is -0.306. The van der Waals surface area contributed by atoms with Gasteiger partial charge in [0, 0.05) is 10.6 Å². The van der Waals surface area contributed by atoms with Gasteiger partial charge in [0.15, 0.2) is 0 Å². The maximum Gasteiger partial charge on any atom is 0.337 e. The quantitative estimate of drug-likeness (QED) is 0.901. The highest BCUT2D eigenvalue weighted by Gasteiger charge is 2.13. The summed E-state index contributed by atoms with van der Waals surface area (Å²) in [4.78, 5) is 16.0. The summed E-state index contributed by atoms with van der Waals surface area (Å²) in [6, 6.07) is 5.34. The van der Waals surface area contributed by atoms with Crippen molar-refractivity contribution < 1.29 is 9.53 Å². The van der Waals surface area contributed by atoms with Crippen LogP contribution in [0, 0.1) is 6.92 Å². The first-order chi connectivity index (χ1) is 9.11. The van der Waals surface area contributed by atoms with Crippen LogP contribution in [0.15, 0.2) is 18.2 Å². The van der Waals surface area contributed by atoms with E-state index in [-0.39, 0.29) is 17.9 Å². The molecule has 0 saturated carbocycles. The molecule has 0 aliphatic rings. The van der Waals surface area contributed by atoms with E-state index in [9.17, 15) is 4.79 Å². The largest absolute Gasteiger partial charge is 0.463 e. The summed E-state index contributed by atoms with van der Waals surface area (Å²) in [6.07, 6.45) is 0. The second kappa shape index (κ2) is 5.71. The Labute approximate surface area is 115 Å². The van der Waals surface area contributed by atoms with Crippen LogP contribution < -0.4 is 10.1 Å². The van der Waals surface area contributed by atoms with E-state index >= 15 is 0 Å². The minimum absolute atomic E-state index is 0.195. The molecule has 0 atom stereocenters. The fourth-order valence-electron chi connectivity index (χ4n) is 1.52. The molecule has 1 amide bonds. The van der Waals surface area contributed by atoms with Gasteiger partial charge in [-0.2, -0.15) is 4.98 Å². The lowest BCUT2D eigenvalue weighted by Gasteiger charge is -2.06. The number of amides is 1. The predicted molar refractivity (Wildman–Crippen MR) is 71.7 cm³/mol. The van der Waals surface area contributed by atoms with Gasteiger partial charge in [0.2, 0.25) is 5.95 Å². The summed E-state index contributed by atoms with van der Waals surface area (Å²) < 4.78 is 5.09. The number of carbonyl (C=O) groups is 1. The van der Waals surface area contributed by atoms with Crippen LogP contribution in [0.5, 0.6) is 6.01 Å². The molecule has 0 spiro atoms. The first-order valence-corrected chi connectivity index (χ1v) is 6.11. The standard InChI is InChI=1S/C12H13ClN4O2/c1-3-19-12-15-11(16-17-12)14-10(18)8-5-4-6-9(13)7(8)2/h4-6H,3H2,1-2H3,(H2,14,15,16,17,18). The maximum atomic E-state index is 12.1. The van der Waals surface area contributed by atoms with E-state index in [1.807, 2.05) is 6.92 Å². The summed E-state index contributed by atoms with van der Waals surface area (Å²) in [7, 11) is 0. The number of nitrogens with zero attached hydrogens (tertiary/aromatic N) is 2. The lowest BCUT2D eigenvalue weighted by molar-refractivity contribution is 0.102. The summed E-state index contributed by atoms with van der Waals surface area (Å²) in [5.41, 5.74) is 1.20. The first kappa shape index (κ1) is 13.4. The average Bonchev–Trinajstić information content (AvgIpc) is 2.80. The van der Waals surface area contributed by atoms with Gasteiger partial charge in [-0.05, 0) is 31.5 Å². The Morgan fingerprint density at radius 2 is 2.32 bits per heavy atom. The number of aromatic amines is 1. The SMILES string of the molecule is CCOc1n[nH]c(NC(=O)c2cccc(Cl)c2C)n1. The van der Waals surface area contributed by atoms with Crippen molar-refractivity contribution in [2.24, 2.45) is 0 Å². The Bertz CT molecular complexity index is 597. The van der Waals surface area contributed by atoms with E-state index in [0.717, 1.165) is 0 Å². The molecule has 0 fully saturated rings. The molecule has 19 heavy (non-hydrogen) atoms. The number of anilines is 1. The van der Waals surface area contributed by atoms with E-state index in [4.69, 9.17) is 16.3 Å². The molecule has 0 aliphatic carbocycles. The summed E-state index contributed by atoms with van der Waals surface area (Å²) in [5, 5.41) is 9.51. The molecule has 0 radical (unpaired) electrons. The number of rotatable bonds is 4. The van der Waals surface area contributed by atoms with Gasteiger partial charge in [-0.25, -0.2) is 5.10 Å². The molecule has 6 nitrogen and oxygen atoms in total. The van der Waals surface area contributed by atoms with Gasteiger partial charge >= 0.3 is 6.01 Å². The fraction of sp³-hybridized carbons (Fsp3) is 0.250. The van der Waals surface area contributed by atoms with Crippen LogP contribution in [0.4, 0.5) is 5.95 Å². The maximum absolute atomic E-state index is 12.1. The monoisotopic (exact) mass is 280 g/mol. The molecule has 2 aromatic rings. The zero-order chi connectivity index (χ0) is 13.8. The van der Waals surface area contributed by atoms with Crippen LogP contribution in [0.25, 0.3) is 0 Å². The zero-order valence-electron chi connectivity index (χ0n) is 10.5. The average molecular weight is 281 g/mol. The number of ether oxygens (including phenoxy) is 1. The molecule has 2 rings (SSSR count). The van der Waals surface area contributed by atoms with Crippen molar-refractivity contribution in [3.05, 3.63) is 34.3 Å². The van der Waals surface area contributed by atoms with Crippen molar-refractivity contribution >= 4 is 23.5 Å². The first-order valence-electron chi connectivity index (χ1n) is 5.73. The molecule has 1 heterocycles. The van der Waals surface area contributed by atoms with Gasteiger partial charge in [-0.15, -0.1) is 5.10 Å². The Kier molecular flexibility index (Phi) is 4.01. The number of hydrogen-bond acceptors (Lipinski definition) is 4. The molecular weight excluding hydrogens is 268 g/mol. The van der Waals surface area contributed by atoms with Gasteiger partial charge in [0.1, 0.15) is 0 Å². The molecule has 100 valence electrons. The van der Waals surface area contributed by atoms with E-state index in [1.54, 1.807) is 25.1 Å². The zero-order valence-corrected chi connectivity index (χ0v) is 11.3. The normalized spacial score (nSPS) is 10.3. The second-order valence-corrected chi connectivity index (χ2v) is 4.17. The van der Waals surface area contributed by atoms with Gasteiger partial charge in [-0.3, -0.25) is 10.1 Å². The molecule has 2 N–H and O–H groups in total. The molecule has 1 aromatic carbocycles. The number of carbonyl (C=O) groups excluding carboxylic acids is 1.